The SMILES string of the molecule is CCCn1ncnc1CC1(O)CCSC1C. The number of aryl methyl sites for hydroxylation is 1. The van der Waals surface area contributed by atoms with Gasteiger partial charge in [0.05, 0.1) is 5.60 Å². The second-order valence-electron chi connectivity index (χ2n) is 4.44. The van der Waals surface area contributed by atoms with Gasteiger partial charge in [0.2, 0.25) is 0 Å². The Hall–Kier alpha value is -0.550. The van der Waals surface area contributed by atoms with Crippen LogP contribution in [0.15, 0.2) is 6.33 Å². The molecule has 0 bridgehead atoms. The second kappa shape index (κ2) is 4.75. The predicted molar refractivity (Wildman–Crippen MR) is 65.5 cm³/mol. The van der Waals surface area contributed by atoms with Gasteiger partial charge in [-0.2, -0.15) is 16.9 Å². The molecular formula is C11H19N3OS. The molecule has 4 nitrogen and oxygen atoms in total. The zero-order valence-electron chi connectivity index (χ0n) is 9.89. The van der Waals surface area contributed by atoms with Gasteiger partial charge in [-0.1, -0.05) is 13.8 Å². The zero-order chi connectivity index (χ0) is 11.6. The van der Waals surface area contributed by atoms with E-state index < -0.39 is 5.60 Å². The van der Waals surface area contributed by atoms with E-state index in [1.165, 1.54) is 0 Å². The molecule has 2 atom stereocenters. The third-order valence-corrected chi connectivity index (χ3v) is 4.63. The smallest absolute Gasteiger partial charge is 0.138 e. The van der Waals surface area contributed by atoms with Crippen LogP contribution in [0.3, 0.4) is 0 Å². The topological polar surface area (TPSA) is 50.9 Å². The van der Waals surface area contributed by atoms with Gasteiger partial charge in [0, 0.05) is 18.2 Å². The minimum absolute atomic E-state index is 0.291. The van der Waals surface area contributed by atoms with Crippen molar-refractivity contribution >= 4 is 11.8 Å². The van der Waals surface area contributed by atoms with Gasteiger partial charge >= 0.3 is 0 Å². The molecule has 1 saturated heterocycles. The van der Waals surface area contributed by atoms with Crippen LogP contribution in [0.1, 0.15) is 32.5 Å². The van der Waals surface area contributed by atoms with Gasteiger partial charge < -0.3 is 5.11 Å². The van der Waals surface area contributed by atoms with Crippen molar-refractivity contribution in [2.45, 2.75) is 50.5 Å². The fourth-order valence-electron chi connectivity index (χ4n) is 2.10. The molecule has 1 aromatic rings. The minimum atomic E-state index is -0.594. The Morgan fingerprint density at radius 1 is 1.69 bits per heavy atom. The quantitative estimate of drug-likeness (QED) is 0.867. The van der Waals surface area contributed by atoms with E-state index in [1.54, 1.807) is 6.33 Å². The van der Waals surface area contributed by atoms with Gasteiger partial charge in [0.1, 0.15) is 12.2 Å². The van der Waals surface area contributed by atoms with E-state index in [9.17, 15) is 5.11 Å². The van der Waals surface area contributed by atoms with Crippen LogP contribution in [0.2, 0.25) is 0 Å². The molecule has 2 rings (SSSR count). The molecule has 0 aliphatic carbocycles. The molecule has 90 valence electrons. The number of nitrogens with zero attached hydrogens (tertiary/aromatic N) is 3. The lowest BCUT2D eigenvalue weighted by Crippen LogP contribution is -2.38. The standard InChI is InChI=1S/C11H19N3OS/c1-3-5-14-10(12-8-13-14)7-11(15)4-6-16-9(11)2/h8-9,15H,3-7H2,1-2H3. The third-order valence-electron chi connectivity index (χ3n) is 3.25. The van der Waals surface area contributed by atoms with Crippen LogP contribution in [-0.4, -0.2) is 36.5 Å². The highest BCUT2D eigenvalue weighted by Gasteiger charge is 2.40. The lowest BCUT2D eigenvalue weighted by molar-refractivity contribution is 0.0433. The molecule has 5 heteroatoms. The summed E-state index contributed by atoms with van der Waals surface area (Å²) in [4.78, 5) is 4.26. The molecule has 1 aromatic heterocycles. The van der Waals surface area contributed by atoms with Crippen LogP contribution >= 0.6 is 11.8 Å². The maximum Gasteiger partial charge on any atom is 0.138 e. The van der Waals surface area contributed by atoms with Crippen LogP contribution < -0.4 is 0 Å². The Morgan fingerprint density at radius 2 is 2.50 bits per heavy atom. The van der Waals surface area contributed by atoms with E-state index in [2.05, 4.69) is 23.9 Å². The van der Waals surface area contributed by atoms with Crippen LogP contribution in [0, 0.1) is 0 Å². The largest absolute Gasteiger partial charge is 0.388 e. The Bertz CT molecular complexity index is 355. The van der Waals surface area contributed by atoms with E-state index in [4.69, 9.17) is 0 Å². The first-order valence-corrected chi connectivity index (χ1v) is 6.91. The first-order chi connectivity index (χ1) is 7.65. The lowest BCUT2D eigenvalue weighted by Gasteiger charge is -2.26. The molecule has 2 unspecified atom stereocenters. The molecule has 1 aliphatic rings. The van der Waals surface area contributed by atoms with Crippen molar-refractivity contribution in [3.05, 3.63) is 12.2 Å². The summed E-state index contributed by atoms with van der Waals surface area (Å²) >= 11 is 1.84. The van der Waals surface area contributed by atoms with E-state index in [0.717, 1.165) is 31.0 Å². The summed E-state index contributed by atoms with van der Waals surface area (Å²) in [6, 6.07) is 0. The summed E-state index contributed by atoms with van der Waals surface area (Å²) in [5.74, 6) is 1.96. The first kappa shape index (κ1) is 11.9. The highest BCUT2D eigenvalue weighted by atomic mass is 32.2. The number of thioether (sulfide) groups is 1. The minimum Gasteiger partial charge on any atom is -0.388 e. The van der Waals surface area contributed by atoms with Gasteiger partial charge in [-0.05, 0) is 18.6 Å². The average molecular weight is 241 g/mol. The molecule has 2 heterocycles. The van der Waals surface area contributed by atoms with Crippen molar-refractivity contribution in [2.75, 3.05) is 5.75 Å². The molecule has 1 aliphatic heterocycles. The maximum absolute atomic E-state index is 10.5. The summed E-state index contributed by atoms with van der Waals surface area (Å²) in [6.45, 7) is 5.10. The molecule has 0 saturated carbocycles. The predicted octanol–water partition coefficient (Wildman–Crippen LogP) is 1.49. The monoisotopic (exact) mass is 241 g/mol. The Kier molecular flexibility index (Phi) is 3.54. The third kappa shape index (κ3) is 2.25. The van der Waals surface area contributed by atoms with Gasteiger partial charge in [-0.25, -0.2) is 4.98 Å². The number of aliphatic hydroxyl groups is 1. The van der Waals surface area contributed by atoms with Gasteiger partial charge in [-0.15, -0.1) is 0 Å². The second-order valence-corrected chi connectivity index (χ2v) is 5.89. The molecule has 0 spiro atoms. The van der Waals surface area contributed by atoms with Crippen molar-refractivity contribution < 1.29 is 5.11 Å². The van der Waals surface area contributed by atoms with Crippen LogP contribution in [0.25, 0.3) is 0 Å². The molecule has 16 heavy (non-hydrogen) atoms. The van der Waals surface area contributed by atoms with Crippen molar-refractivity contribution in [2.24, 2.45) is 0 Å². The van der Waals surface area contributed by atoms with Gasteiger partial charge in [0.25, 0.3) is 0 Å². The molecule has 0 radical (unpaired) electrons. The van der Waals surface area contributed by atoms with E-state index >= 15 is 0 Å². The number of hydrogen-bond acceptors (Lipinski definition) is 4. The summed E-state index contributed by atoms with van der Waals surface area (Å²) in [6.07, 6.45) is 4.11. The van der Waals surface area contributed by atoms with Gasteiger partial charge in [0.15, 0.2) is 0 Å². The van der Waals surface area contributed by atoms with E-state index in [1.807, 2.05) is 16.4 Å². The zero-order valence-corrected chi connectivity index (χ0v) is 10.7. The Balaban J connectivity index is 2.10. The van der Waals surface area contributed by atoms with Crippen molar-refractivity contribution in [3.63, 3.8) is 0 Å². The fraction of sp³-hybridized carbons (Fsp3) is 0.818. The average Bonchev–Trinajstić information content (AvgIpc) is 2.78. The number of aromatic nitrogens is 3. The number of hydrogen-bond donors (Lipinski definition) is 1. The highest BCUT2D eigenvalue weighted by Crippen LogP contribution is 2.37. The summed E-state index contributed by atoms with van der Waals surface area (Å²) in [7, 11) is 0. The highest BCUT2D eigenvalue weighted by molar-refractivity contribution is 8.00. The van der Waals surface area contributed by atoms with Crippen LogP contribution in [0.4, 0.5) is 0 Å². The number of rotatable bonds is 4. The summed E-state index contributed by atoms with van der Waals surface area (Å²) < 4.78 is 1.91. The van der Waals surface area contributed by atoms with Gasteiger partial charge in [-0.3, -0.25) is 4.68 Å². The molecular weight excluding hydrogens is 222 g/mol. The Morgan fingerprint density at radius 3 is 3.12 bits per heavy atom. The van der Waals surface area contributed by atoms with Crippen LogP contribution in [0.5, 0.6) is 0 Å². The molecule has 0 aromatic carbocycles. The molecule has 0 amide bonds. The normalized spacial score (nSPS) is 29.8. The van der Waals surface area contributed by atoms with Crippen LogP contribution in [-0.2, 0) is 13.0 Å². The lowest BCUT2D eigenvalue weighted by atomic mass is 9.93. The Labute approximate surface area is 100 Å². The maximum atomic E-state index is 10.5. The van der Waals surface area contributed by atoms with Crippen molar-refractivity contribution in [1.29, 1.82) is 0 Å². The fourth-order valence-corrected chi connectivity index (χ4v) is 3.44. The molecule has 1 N–H and O–H groups in total. The van der Waals surface area contributed by atoms with Crippen molar-refractivity contribution in [1.82, 2.24) is 14.8 Å². The molecule has 1 fully saturated rings. The first-order valence-electron chi connectivity index (χ1n) is 5.86. The summed E-state index contributed by atoms with van der Waals surface area (Å²) in [5, 5.41) is 15.0. The van der Waals surface area contributed by atoms with E-state index in [0.29, 0.717) is 11.7 Å². The van der Waals surface area contributed by atoms with E-state index in [-0.39, 0.29) is 0 Å². The van der Waals surface area contributed by atoms with Crippen molar-refractivity contribution in [3.8, 4) is 0 Å². The summed E-state index contributed by atoms with van der Waals surface area (Å²) in [5.41, 5.74) is -0.594.